The van der Waals surface area contributed by atoms with E-state index < -0.39 is 16.1 Å². The first-order valence-corrected chi connectivity index (χ1v) is 10.0. The normalized spacial score (nSPS) is 20.7. The third kappa shape index (κ3) is 5.09. The maximum atomic E-state index is 12.6. The molecule has 0 spiro atoms. The molecule has 2 rings (SSSR count). The second-order valence-electron chi connectivity index (χ2n) is 6.45. The van der Waals surface area contributed by atoms with Gasteiger partial charge < -0.3 is 5.32 Å². The van der Waals surface area contributed by atoms with E-state index in [-0.39, 0.29) is 35.7 Å². The van der Waals surface area contributed by atoms with Gasteiger partial charge in [0.25, 0.3) is 10.0 Å². The highest BCUT2D eigenvalue weighted by Gasteiger charge is 2.33. The molecule has 1 aliphatic heterocycles. The van der Waals surface area contributed by atoms with Gasteiger partial charge in [0.15, 0.2) is 10.8 Å². The lowest BCUT2D eigenvalue weighted by Crippen LogP contribution is -2.44. The minimum Gasteiger partial charge on any atom is -0.346 e. The number of aromatic nitrogens is 1. The Kier molecular flexibility index (Phi) is 6.66. The van der Waals surface area contributed by atoms with Crippen LogP contribution in [0.2, 0.25) is 0 Å². The molecular weight excluding hydrogens is 342 g/mol. The fraction of sp³-hybridized carbons (Fsp3) is 0.588. The number of sulfonamides is 1. The summed E-state index contributed by atoms with van der Waals surface area (Å²) < 4.78 is 26.4. The van der Waals surface area contributed by atoms with Gasteiger partial charge in [-0.25, -0.2) is 13.4 Å². The molecule has 0 aromatic carbocycles. The lowest BCUT2D eigenvalue weighted by molar-refractivity contribution is -0.128. The van der Waals surface area contributed by atoms with E-state index in [9.17, 15) is 18.0 Å². The number of carbonyl (C=O) groups is 2. The number of carbonyl (C=O) groups excluding carboxylic acids is 2. The van der Waals surface area contributed by atoms with Gasteiger partial charge >= 0.3 is 0 Å². The number of nitrogens with one attached hydrogen (secondary N) is 1. The van der Waals surface area contributed by atoms with Crippen molar-refractivity contribution in [2.24, 2.45) is 5.92 Å². The topological polar surface area (TPSA) is 96.4 Å². The van der Waals surface area contributed by atoms with E-state index >= 15 is 0 Å². The van der Waals surface area contributed by atoms with Gasteiger partial charge in [0.1, 0.15) is 0 Å². The smallest absolute Gasteiger partial charge is 0.260 e. The van der Waals surface area contributed by atoms with Gasteiger partial charge in [-0.2, -0.15) is 4.31 Å². The molecule has 1 amide bonds. The summed E-state index contributed by atoms with van der Waals surface area (Å²) in [5.74, 6) is -0.190. The first-order chi connectivity index (χ1) is 11.8. The quantitative estimate of drug-likeness (QED) is 0.819. The Balaban J connectivity index is 2.05. The van der Waals surface area contributed by atoms with Crippen molar-refractivity contribution in [2.75, 3.05) is 13.1 Å². The van der Waals surface area contributed by atoms with Crippen LogP contribution < -0.4 is 5.32 Å². The van der Waals surface area contributed by atoms with Crippen molar-refractivity contribution < 1.29 is 18.0 Å². The Bertz CT molecular complexity index is 706. The van der Waals surface area contributed by atoms with Gasteiger partial charge in [-0.15, -0.1) is 0 Å². The van der Waals surface area contributed by atoms with Gasteiger partial charge in [-0.05, 0) is 30.9 Å². The molecule has 1 saturated heterocycles. The fourth-order valence-corrected chi connectivity index (χ4v) is 4.08. The Morgan fingerprint density at radius 3 is 2.84 bits per heavy atom. The van der Waals surface area contributed by atoms with Crippen LogP contribution >= 0.6 is 0 Å². The number of rotatable bonds is 6. The first kappa shape index (κ1) is 19.5. The monoisotopic (exact) mass is 367 g/mol. The third-order valence-corrected chi connectivity index (χ3v) is 6.19. The molecule has 2 atom stereocenters. The summed E-state index contributed by atoms with van der Waals surface area (Å²) in [5.41, 5.74) is 0. The first-order valence-electron chi connectivity index (χ1n) is 8.57. The number of nitrogens with zero attached hydrogens (tertiary/aromatic N) is 2. The average Bonchev–Trinajstić information content (AvgIpc) is 2.78. The molecule has 2 heterocycles. The van der Waals surface area contributed by atoms with Crippen LogP contribution in [0.5, 0.6) is 0 Å². The number of Topliss-reactive ketones (excluding diaryl/α,β-unsaturated/α-hetero) is 1. The largest absolute Gasteiger partial charge is 0.346 e. The maximum absolute atomic E-state index is 12.6. The molecule has 8 heteroatoms. The minimum absolute atomic E-state index is 0.0675. The van der Waals surface area contributed by atoms with Crippen molar-refractivity contribution in [3.05, 3.63) is 24.4 Å². The predicted molar refractivity (Wildman–Crippen MR) is 93.2 cm³/mol. The molecule has 0 aliphatic carbocycles. The van der Waals surface area contributed by atoms with Gasteiger partial charge in [0.2, 0.25) is 5.91 Å². The Morgan fingerprint density at radius 1 is 1.44 bits per heavy atom. The number of hydrogen-bond acceptors (Lipinski definition) is 5. The maximum Gasteiger partial charge on any atom is 0.260 e. The summed E-state index contributed by atoms with van der Waals surface area (Å²) in [7, 11) is -3.80. The Morgan fingerprint density at radius 2 is 2.20 bits per heavy atom. The standard InChI is InChI=1S/C17H25N3O4S/c1-3-13(2)11-16(22)19-14-7-6-10-20(12-15(14)21)25(23,24)17-8-4-5-9-18-17/h4-5,8-9,13-14H,3,6-7,10-12H2,1-2H3,(H,19,22)/t13-,14?/m0/s1. The summed E-state index contributed by atoms with van der Waals surface area (Å²) in [6.07, 6.45) is 3.62. The molecule has 1 aliphatic rings. The lowest BCUT2D eigenvalue weighted by atomic mass is 10.0. The van der Waals surface area contributed by atoms with Crippen LogP contribution in [0.25, 0.3) is 0 Å². The van der Waals surface area contributed by atoms with E-state index in [0.29, 0.717) is 19.3 Å². The summed E-state index contributed by atoms with van der Waals surface area (Å²) in [6, 6.07) is 4.02. The van der Waals surface area contributed by atoms with E-state index in [2.05, 4.69) is 10.3 Å². The molecule has 25 heavy (non-hydrogen) atoms. The van der Waals surface area contributed by atoms with Crippen LogP contribution in [0.15, 0.2) is 29.4 Å². The summed E-state index contributed by atoms with van der Waals surface area (Å²) in [5, 5.41) is 2.69. The van der Waals surface area contributed by atoms with Crippen LogP contribution in [-0.2, 0) is 19.6 Å². The van der Waals surface area contributed by atoms with Crippen molar-refractivity contribution in [2.45, 2.75) is 50.6 Å². The third-order valence-electron chi connectivity index (χ3n) is 4.43. The summed E-state index contributed by atoms with van der Waals surface area (Å²) in [6.45, 7) is 3.99. The zero-order valence-corrected chi connectivity index (χ0v) is 15.5. The van der Waals surface area contributed by atoms with Crippen LogP contribution in [0.3, 0.4) is 0 Å². The summed E-state index contributed by atoms with van der Waals surface area (Å²) in [4.78, 5) is 28.4. The van der Waals surface area contributed by atoms with Crippen LogP contribution in [0.4, 0.5) is 0 Å². The number of pyridine rings is 1. The molecule has 0 bridgehead atoms. The molecular formula is C17H25N3O4S. The highest BCUT2D eigenvalue weighted by atomic mass is 32.2. The molecule has 0 saturated carbocycles. The van der Waals surface area contributed by atoms with E-state index in [0.717, 1.165) is 10.7 Å². The van der Waals surface area contributed by atoms with Crippen molar-refractivity contribution in [3.63, 3.8) is 0 Å². The van der Waals surface area contributed by atoms with Crippen molar-refractivity contribution in [1.82, 2.24) is 14.6 Å². The Hall–Kier alpha value is -1.80. The molecule has 1 aromatic heterocycles. The number of ketones is 1. The van der Waals surface area contributed by atoms with Crippen molar-refractivity contribution >= 4 is 21.7 Å². The van der Waals surface area contributed by atoms with Crippen LogP contribution in [0.1, 0.15) is 39.5 Å². The van der Waals surface area contributed by atoms with E-state index in [1.807, 2.05) is 13.8 Å². The van der Waals surface area contributed by atoms with Crippen LogP contribution in [0, 0.1) is 5.92 Å². The zero-order chi connectivity index (χ0) is 18.4. The molecule has 7 nitrogen and oxygen atoms in total. The highest BCUT2D eigenvalue weighted by molar-refractivity contribution is 7.89. The van der Waals surface area contributed by atoms with Gasteiger partial charge in [-0.1, -0.05) is 26.3 Å². The average molecular weight is 367 g/mol. The van der Waals surface area contributed by atoms with Crippen LogP contribution in [-0.4, -0.2) is 48.5 Å². The predicted octanol–water partition coefficient (Wildman–Crippen LogP) is 1.36. The van der Waals surface area contributed by atoms with E-state index in [1.165, 1.54) is 12.3 Å². The molecule has 1 aromatic rings. The molecule has 138 valence electrons. The number of amides is 1. The van der Waals surface area contributed by atoms with E-state index in [1.54, 1.807) is 12.1 Å². The summed E-state index contributed by atoms with van der Waals surface area (Å²) >= 11 is 0. The number of hydrogen-bond donors (Lipinski definition) is 1. The SMILES string of the molecule is CC[C@H](C)CC(=O)NC1CCCN(S(=O)(=O)c2ccccn2)CC1=O. The van der Waals surface area contributed by atoms with Gasteiger partial charge in [-0.3, -0.25) is 9.59 Å². The fourth-order valence-electron chi connectivity index (χ4n) is 2.70. The molecule has 1 fully saturated rings. The minimum atomic E-state index is -3.80. The second-order valence-corrected chi connectivity index (χ2v) is 8.34. The lowest BCUT2D eigenvalue weighted by Gasteiger charge is -2.19. The van der Waals surface area contributed by atoms with Crippen molar-refractivity contribution in [3.8, 4) is 0 Å². The zero-order valence-electron chi connectivity index (χ0n) is 14.6. The molecule has 0 radical (unpaired) electrons. The van der Waals surface area contributed by atoms with E-state index in [4.69, 9.17) is 0 Å². The van der Waals surface area contributed by atoms with Gasteiger partial charge in [0, 0.05) is 19.2 Å². The molecule has 1 N–H and O–H groups in total. The molecule has 1 unspecified atom stereocenters. The second kappa shape index (κ2) is 8.53. The van der Waals surface area contributed by atoms with Crippen molar-refractivity contribution in [1.29, 1.82) is 0 Å². The highest BCUT2D eigenvalue weighted by Crippen LogP contribution is 2.18. The van der Waals surface area contributed by atoms with Gasteiger partial charge in [0.05, 0.1) is 12.6 Å². The Labute approximate surface area is 148 Å².